The summed E-state index contributed by atoms with van der Waals surface area (Å²) in [6, 6.07) is 30.3. The second-order valence-electron chi connectivity index (χ2n) is 7.55. The molecule has 190 valence electrons. The van der Waals surface area contributed by atoms with Gasteiger partial charge in [0, 0.05) is 0 Å². The normalized spacial score (nSPS) is 12.0. The Morgan fingerprint density at radius 1 is 0.649 bits per heavy atom. The summed E-state index contributed by atoms with van der Waals surface area (Å²) in [4.78, 5) is 0. The number of nitrogens with one attached hydrogen (secondary N) is 2. The van der Waals surface area contributed by atoms with Crippen LogP contribution in [-0.4, -0.2) is 0 Å². The van der Waals surface area contributed by atoms with Gasteiger partial charge in [-0.15, -0.1) is 0 Å². The Morgan fingerprint density at radius 2 is 0.946 bits per heavy atom. The van der Waals surface area contributed by atoms with Crippen molar-refractivity contribution in [2.75, 3.05) is 0 Å². The molecule has 10 heteroatoms. The van der Waals surface area contributed by atoms with E-state index in [-0.39, 0.29) is 7.43 Å². The second kappa shape index (κ2) is 13.2. The molecule has 0 saturated carbocycles. The zero-order valence-corrected chi connectivity index (χ0v) is 26.9. The van der Waals surface area contributed by atoms with E-state index in [9.17, 15) is 0 Å². The van der Waals surface area contributed by atoms with Crippen molar-refractivity contribution in [3.63, 3.8) is 0 Å². The number of rotatable bonds is 4. The molecule has 0 amide bonds. The van der Waals surface area contributed by atoms with E-state index in [1.807, 2.05) is 24.3 Å². The van der Waals surface area contributed by atoms with Crippen molar-refractivity contribution in [3.05, 3.63) is 83.9 Å². The van der Waals surface area contributed by atoms with Crippen LogP contribution in [0.2, 0.25) is 2.82 Å². The van der Waals surface area contributed by atoms with Gasteiger partial charge in [-0.05, 0) is 0 Å². The van der Waals surface area contributed by atoms with Crippen molar-refractivity contribution in [2.45, 2.75) is 7.43 Å². The van der Waals surface area contributed by atoms with Crippen molar-refractivity contribution in [3.8, 4) is 23.9 Å². The number of benzene rings is 5. The van der Waals surface area contributed by atoms with Crippen LogP contribution in [0.3, 0.4) is 0 Å². The third-order valence-corrected chi connectivity index (χ3v) is 8.61. The molecule has 5 aromatic rings. The molecule has 0 radical (unpaired) electrons. The number of thiol groups is 2. The van der Waals surface area contributed by atoms with Crippen molar-refractivity contribution in [1.82, 2.24) is 10.9 Å². The topological polar surface area (TPSA) is 42.5 Å². The van der Waals surface area contributed by atoms with Gasteiger partial charge in [-0.25, -0.2) is 0 Å². The Labute approximate surface area is 246 Å². The third-order valence-electron chi connectivity index (χ3n) is 5.51. The molecule has 0 heterocycles. The van der Waals surface area contributed by atoms with Crippen LogP contribution in [0, 0.1) is 23.9 Å². The first kappa shape index (κ1) is 26.0. The predicted octanol–water partition coefficient (Wildman–Crippen LogP) is 8.71. The molecule has 2 atom stereocenters. The SMILES string of the molecule is C.[2H]N(C#Cc1c2cc3ccccc3cc2c(C#CN([2H])OI(P)S)c2cc3ccccc3cc12)OI(P)S. The van der Waals surface area contributed by atoms with Crippen LogP contribution in [0.1, 0.15) is 18.6 Å². The van der Waals surface area contributed by atoms with Gasteiger partial charge in [0.1, 0.15) is 0 Å². The van der Waals surface area contributed by atoms with Gasteiger partial charge in [-0.1, -0.05) is 7.43 Å². The number of hydrogen-bond acceptors (Lipinski definition) is 6. The second-order valence-corrected chi connectivity index (χ2v) is 26.0. The average molecular weight is 790 g/mol. The van der Waals surface area contributed by atoms with E-state index in [1.165, 1.54) is 0 Å². The quantitative estimate of drug-likeness (QED) is 0.0280. The van der Waals surface area contributed by atoms with E-state index in [2.05, 4.69) is 106 Å². The number of hydrogen-bond donors (Lipinski definition) is 4. The van der Waals surface area contributed by atoms with Crippen LogP contribution >= 0.6 is 70.0 Å². The molecule has 0 saturated heterocycles. The van der Waals surface area contributed by atoms with E-state index in [4.69, 9.17) is 9.16 Å². The molecule has 2 N–H and O–H groups in total. The Hall–Kier alpha value is -1.20. The van der Waals surface area contributed by atoms with E-state index >= 15 is 0 Å². The summed E-state index contributed by atoms with van der Waals surface area (Å²) in [7, 11) is 8.62. The van der Waals surface area contributed by atoms with Crippen LogP contribution < -0.4 is 10.9 Å². The van der Waals surface area contributed by atoms with Crippen molar-refractivity contribution >= 4 is 113 Å². The maximum atomic E-state index is 8.09. The molecule has 0 aromatic heterocycles. The molecule has 37 heavy (non-hydrogen) atoms. The van der Waals surface area contributed by atoms with E-state index in [0.717, 1.165) is 65.2 Å². The Bertz CT molecular complexity index is 1600. The first-order valence-corrected chi connectivity index (χ1v) is 26.9. The molecule has 5 aromatic carbocycles. The van der Waals surface area contributed by atoms with Gasteiger partial charge >= 0.3 is 241 Å². The zero-order valence-electron chi connectivity index (χ0n) is 20.4. The summed E-state index contributed by atoms with van der Waals surface area (Å²) in [6.07, 6.45) is 0. The van der Waals surface area contributed by atoms with Crippen LogP contribution in [0.15, 0.2) is 72.8 Å². The standard InChI is InChI=1S/C26H20I2N2O2P2S2.CH4/c33-27(35)31-29-11-9-21-23-13-17-5-1-2-6-18(17)14-24(23)22(10-12-30-32-28(34)36)26-16-20-8-4-3-7-19(20)15-25(21)26;/h1-8,13-16,29-30,35-36H,33-34H2;1H4/i/hD2. The van der Waals surface area contributed by atoms with Gasteiger partial charge < -0.3 is 0 Å². The fourth-order valence-electron chi connectivity index (χ4n) is 4.13. The zero-order chi connectivity index (χ0) is 26.8. The molecule has 4 nitrogen and oxygen atoms in total. The Balaban J connectivity index is 0.00000353. The fourth-order valence-corrected chi connectivity index (χ4v) is 5.68. The fraction of sp³-hybridized carbons (Fsp3) is 0.0370. The molecular weight excluding hydrogens is 764 g/mol. The number of fused-ring (bicyclic) bond motifs is 4. The minimum atomic E-state index is -2.03. The molecule has 0 spiro atoms. The van der Waals surface area contributed by atoms with Gasteiger partial charge in [0.25, 0.3) is 0 Å². The van der Waals surface area contributed by atoms with Gasteiger partial charge in [0.05, 0.1) is 0 Å². The van der Waals surface area contributed by atoms with E-state index in [0.29, 0.717) is 0 Å². The van der Waals surface area contributed by atoms with Gasteiger partial charge in [-0.3, -0.25) is 0 Å². The number of hydroxylamine groups is 2. The minimum absolute atomic E-state index is 0. The summed E-state index contributed by atoms with van der Waals surface area (Å²) >= 11 is -4.07. The van der Waals surface area contributed by atoms with Crippen molar-refractivity contribution < 1.29 is 9.16 Å². The maximum absolute atomic E-state index is 8.09. The third kappa shape index (κ3) is 6.69. The molecule has 2 unspecified atom stereocenters. The van der Waals surface area contributed by atoms with Crippen LogP contribution in [-0.2, 0) is 6.33 Å². The van der Waals surface area contributed by atoms with Gasteiger partial charge in [0.2, 0.25) is 0 Å². The number of halogens is 2. The summed E-state index contributed by atoms with van der Waals surface area (Å²) in [5.41, 5.74) is 3.12. The van der Waals surface area contributed by atoms with E-state index in [1.54, 1.807) is 0 Å². The summed E-state index contributed by atoms with van der Waals surface area (Å²) in [6.45, 7) is 5.03. The molecule has 5 rings (SSSR count). The summed E-state index contributed by atoms with van der Waals surface area (Å²) in [5.74, 6) is 6.40. The molecule has 0 aliphatic heterocycles. The Morgan fingerprint density at radius 3 is 1.22 bits per heavy atom. The molecule has 0 aliphatic carbocycles. The monoisotopic (exact) mass is 790 g/mol. The van der Waals surface area contributed by atoms with Crippen molar-refractivity contribution in [2.24, 2.45) is 0 Å². The molecular formula is C27H24I2N2O2P2S2. The summed E-state index contributed by atoms with van der Waals surface area (Å²) < 4.78 is 27.0. The van der Waals surface area contributed by atoms with Gasteiger partial charge in [0.15, 0.2) is 0 Å². The average Bonchev–Trinajstić information content (AvgIpc) is 2.87. The Kier molecular flexibility index (Phi) is 9.32. The van der Waals surface area contributed by atoms with Crippen LogP contribution in [0.25, 0.3) is 43.1 Å². The predicted molar refractivity (Wildman–Crippen MR) is 191 cm³/mol. The van der Waals surface area contributed by atoms with Crippen molar-refractivity contribution in [1.29, 1.82) is 0 Å². The first-order valence-electron chi connectivity index (χ1n) is 11.3. The molecule has 0 aliphatic rings. The van der Waals surface area contributed by atoms with Gasteiger partial charge in [-0.2, -0.15) is 0 Å². The molecule has 0 bridgehead atoms. The van der Waals surface area contributed by atoms with Crippen LogP contribution in [0.4, 0.5) is 0 Å². The summed E-state index contributed by atoms with van der Waals surface area (Å²) in [5, 5.41) is 7.84. The van der Waals surface area contributed by atoms with Crippen LogP contribution in [0.5, 0.6) is 0 Å². The molecule has 0 fully saturated rings. The first-order chi connectivity index (χ1) is 18.3. The van der Waals surface area contributed by atoms with E-state index < -0.39 is 36.6 Å².